The topological polar surface area (TPSA) is 46.9 Å². The smallest absolute Gasteiger partial charge is 0.265 e. The maximum absolute atomic E-state index is 13.4. The van der Waals surface area contributed by atoms with E-state index in [1.54, 1.807) is 11.3 Å². The molecule has 5 nitrogen and oxygen atoms in total. The first-order chi connectivity index (χ1) is 16.6. The number of anilines is 1. The summed E-state index contributed by atoms with van der Waals surface area (Å²) in [5, 5.41) is 0.989. The molecule has 6 rings (SSSR count). The van der Waals surface area contributed by atoms with Crippen molar-refractivity contribution in [1.29, 1.82) is 0 Å². The molecule has 172 valence electrons. The monoisotopic (exact) mass is 470 g/mol. The van der Waals surface area contributed by atoms with Crippen molar-refractivity contribution in [2.45, 2.75) is 25.3 Å². The Morgan fingerprint density at radius 3 is 2.79 bits per heavy atom. The maximum atomic E-state index is 13.4. The van der Waals surface area contributed by atoms with Crippen LogP contribution >= 0.6 is 11.3 Å². The number of rotatable bonds is 4. The lowest BCUT2D eigenvalue weighted by atomic mass is 9.89. The molecule has 2 aliphatic heterocycles. The highest BCUT2D eigenvalue weighted by Gasteiger charge is 2.45. The number of aromatic nitrogens is 1. The van der Waals surface area contributed by atoms with Gasteiger partial charge in [-0.15, -0.1) is 11.3 Å². The fraction of sp³-hybridized carbons (Fsp3) is 0.286. The van der Waals surface area contributed by atoms with E-state index in [9.17, 15) is 4.79 Å². The fourth-order valence-corrected chi connectivity index (χ4v) is 6.40. The van der Waals surface area contributed by atoms with Gasteiger partial charge in [-0.05, 0) is 55.0 Å². The maximum Gasteiger partial charge on any atom is 0.265 e. The number of para-hydroxylation sites is 1. The number of nitrogens with one attached hydrogen (secondary N) is 1. The number of hydrogen-bond acceptors (Lipinski definition) is 4. The van der Waals surface area contributed by atoms with Crippen molar-refractivity contribution in [2.24, 2.45) is 0 Å². The lowest BCUT2D eigenvalue weighted by Gasteiger charge is -2.34. The number of ether oxygens (including phenoxy) is 1. The standard InChI is InChI=1S/C28H27N3O2S/c1-18-7-12-24-21(15-18)22-16-30(2)14-13-25(22)31(24)27(32)17-33-20-10-8-19(9-11-20)28-29-23-5-3-4-6-26(23)34-28/h3-12,15,22,25H,13-14,16-17H2,1-2H3/p+1/t22-,25-/m0/s1. The predicted molar refractivity (Wildman–Crippen MR) is 137 cm³/mol. The molecule has 0 radical (unpaired) electrons. The van der Waals surface area contributed by atoms with Crippen molar-refractivity contribution in [3.63, 3.8) is 0 Å². The first-order valence-corrected chi connectivity index (χ1v) is 12.7. The van der Waals surface area contributed by atoms with Crippen LogP contribution in [0, 0.1) is 6.92 Å². The minimum Gasteiger partial charge on any atom is -0.484 e. The van der Waals surface area contributed by atoms with Crippen molar-refractivity contribution in [3.05, 3.63) is 77.9 Å². The lowest BCUT2D eigenvalue weighted by molar-refractivity contribution is -0.886. The van der Waals surface area contributed by atoms with Crippen LogP contribution in [0.5, 0.6) is 5.75 Å². The highest BCUT2D eigenvalue weighted by Crippen LogP contribution is 2.43. The van der Waals surface area contributed by atoms with Gasteiger partial charge in [0.2, 0.25) is 0 Å². The second kappa shape index (κ2) is 8.53. The van der Waals surface area contributed by atoms with E-state index in [-0.39, 0.29) is 18.6 Å². The summed E-state index contributed by atoms with van der Waals surface area (Å²) >= 11 is 1.68. The number of benzene rings is 3. The van der Waals surface area contributed by atoms with Gasteiger partial charge in [0, 0.05) is 17.7 Å². The van der Waals surface area contributed by atoms with Crippen LogP contribution in [-0.4, -0.2) is 43.7 Å². The fourth-order valence-electron chi connectivity index (χ4n) is 5.43. The molecule has 1 saturated heterocycles. The zero-order valence-corrected chi connectivity index (χ0v) is 20.3. The van der Waals surface area contributed by atoms with E-state index < -0.39 is 0 Å². The zero-order chi connectivity index (χ0) is 23.2. The molecule has 1 unspecified atom stereocenters. The van der Waals surface area contributed by atoms with Gasteiger partial charge in [-0.1, -0.05) is 29.8 Å². The number of carbonyl (C=O) groups excluding carboxylic acids is 1. The van der Waals surface area contributed by atoms with Crippen LogP contribution in [0.4, 0.5) is 5.69 Å². The summed E-state index contributed by atoms with van der Waals surface area (Å²) in [6.07, 6.45) is 1.02. The third-order valence-corrected chi connectivity index (χ3v) is 8.19. The summed E-state index contributed by atoms with van der Waals surface area (Å²) in [6, 6.07) is 22.8. The Hall–Kier alpha value is -3.22. The summed E-state index contributed by atoms with van der Waals surface area (Å²) in [6.45, 7) is 4.32. The number of amides is 1. The molecule has 34 heavy (non-hydrogen) atoms. The summed E-state index contributed by atoms with van der Waals surface area (Å²) in [5.41, 5.74) is 5.70. The average Bonchev–Trinajstić information content (AvgIpc) is 3.42. The van der Waals surface area contributed by atoms with E-state index in [2.05, 4.69) is 38.2 Å². The third-order valence-electron chi connectivity index (χ3n) is 7.10. The molecule has 3 heterocycles. The first-order valence-electron chi connectivity index (χ1n) is 11.9. The van der Waals surface area contributed by atoms with Crippen molar-refractivity contribution in [3.8, 4) is 16.3 Å². The van der Waals surface area contributed by atoms with Gasteiger partial charge in [0.1, 0.15) is 10.8 Å². The molecular weight excluding hydrogens is 442 g/mol. The molecule has 1 fully saturated rings. The minimum absolute atomic E-state index is 0.0346. The van der Waals surface area contributed by atoms with E-state index in [1.807, 2.05) is 47.4 Å². The van der Waals surface area contributed by atoms with E-state index in [4.69, 9.17) is 9.72 Å². The Labute approximate surface area is 203 Å². The number of likely N-dealkylation sites (N-methyl/N-ethyl adjacent to an activating group) is 1. The summed E-state index contributed by atoms with van der Waals surface area (Å²) in [5.74, 6) is 1.14. The molecule has 1 amide bonds. The number of fused-ring (bicyclic) bond motifs is 4. The van der Waals surface area contributed by atoms with Gasteiger partial charge in [-0.3, -0.25) is 4.79 Å². The molecule has 3 atom stereocenters. The van der Waals surface area contributed by atoms with Crippen LogP contribution in [-0.2, 0) is 4.79 Å². The highest BCUT2D eigenvalue weighted by atomic mass is 32.1. The van der Waals surface area contributed by atoms with Crippen LogP contribution < -0.4 is 14.5 Å². The van der Waals surface area contributed by atoms with Gasteiger partial charge in [0.15, 0.2) is 6.61 Å². The minimum atomic E-state index is 0.0346. The summed E-state index contributed by atoms with van der Waals surface area (Å²) in [4.78, 5) is 21.7. The Kier molecular flexibility index (Phi) is 5.35. The first kappa shape index (κ1) is 21.3. The molecular formula is C28H28N3O2S+. The molecule has 3 aromatic carbocycles. The molecule has 1 N–H and O–H groups in total. The molecule has 4 aromatic rings. The number of aryl methyl sites for hydroxylation is 1. The Balaban J connectivity index is 1.18. The predicted octanol–water partition coefficient (Wildman–Crippen LogP) is 4.07. The van der Waals surface area contributed by atoms with Gasteiger partial charge >= 0.3 is 0 Å². The number of quaternary nitrogens is 1. The molecule has 0 bridgehead atoms. The van der Waals surface area contributed by atoms with Crippen LogP contribution in [0.3, 0.4) is 0 Å². The van der Waals surface area contributed by atoms with Gasteiger partial charge in [0.05, 0.1) is 42.3 Å². The van der Waals surface area contributed by atoms with Crippen molar-refractivity contribution >= 4 is 33.1 Å². The van der Waals surface area contributed by atoms with Crippen LogP contribution in [0.1, 0.15) is 23.5 Å². The van der Waals surface area contributed by atoms with Crippen molar-refractivity contribution in [2.75, 3.05) is 31.6 Å². The molecule has 2 aliphatic rings. The van der Waals surface area contributed by atoms with Crippen LogP contribution in [0.2, 0.25) is 0 Å². The Bertz CT molecular complexity index is 1330. The van der Waals surface area contributed by atoms with Gasteiger partial charge in [-0.25, -0.2) is 4.98 Å². The number of nitrogens with zero attached hydrogens (tertiary/aromatic N) is 2. The molecule has 6 heteroatoms. The number of piperidine rings is 1. The average molecular weight is 471 g/mol. The molecule has 1 aromatic heterocycles. The number of carbonyl (C=O) groups is 1. The Morgan fingerprint density at radius 1 is 1.15 bits per heavy atom. The number of hydrogen-bond donors (Lipinski definition) is 1. The van der Waals surface area contributed by atoms with Crippen molar-refractivity contribution in [1.82, 2.24) is 4.98 Å². The van der Waals surface area contributed by atoms with Crippen LogP contribution in [0.15, 0.2) is 66.7 Å². The SMILES string of the molecule is Cc1ccc2c(c1)[C@@H]1C[NH+](C)CC[C@@H]1N2C(=O)COc1ccc(-c2nc3ccccc3s2)cc1. The largest absolute Gasteiger partial charge is 0.484 e. The van der Waals surface area contributed by atoms with Gasteiger partial charge in [-0.2, -0.15) is 0 Å². The third kappa shape index (κ3) is 3.77. The number of thiazole rings is 1. The van der Waals surface area contributed by atoms with Gasteiger partial charge < -0.3 is 14.5 Å². The normalized spacial score (nSPS) is 21.4. The Morgan fingerprint density at radius 2 is 1.97 bits per heavy atom. The number of likely N-dealkylation sites (tertiary alicyclic amines) is 1. The van der Waals surface area contributed by atoms with Crippen LogP contribution in [0.25, 0.3) is 20.8 Å². The lowest BCUT2D eigenvalue weighted by Crippen LogP contribution is -3.11. The summed E-state index contributed by atoms with van der Waals surface area (Å²) < 4.78 is 7.14. The van der Waals surface area contributed by atoms with Crippen molar-refractivity contribution < 1.29 is 14.4 Å². The highest BCUT2D eigenvalue weighted by molar-refractivity contribution is 7.21. The molecule has 0 spiro atoms. The second-order valence-corrected chi connectivity index (χ2v) is 10.5. The summed E-state index contributed by atoms with van der Waals surface area (Å²) in [7, 11) is 2.25. The molecule has 0 saturated carbocycles. The second-order valence-electron chi connectivity index (χ2n) is 9.50. The zero-order valence-electron chi connectivity index (χ0n) is 19.5. The van der Waals surface area contributed by atoms with Gasteiger partial charge in [0.25, 0.3) is 5.91 Å². The van der Waals surface area contributed by atoms with E-state index in [0.717, 1.165) is 41.3 Å². The molecule has 0 aliphatic carbocycles. The quantitative estimate of drug-likeness (QED) is 0.489. The van der Waals surface area contributed by atoms with E-state index in [0.29, 0.717) is 11.7 Å². The van der Waals surface area contributed by atoms with E-state index in [1.165, 1.54) is 20.7 Å². The van der Waals surface area contributed by atoms with E-state index >= 15 is 0 Å².